The van der Waals surface area contributed by atoms with E-state index in [0.717, 1.165) is 37.5 Å². The average Bonchev–Trinajstić information content (AvgIpc) is 2.64. The number of hydrogen-bond acceptors (Lipinski definition) is 4. The summed E-state index contributed by atoms with van der Waals surface area (Å²) in [5.41, 5.74) is -0.0732. The van der Waals surface area contributed by atoms with Gasteiger partial charge in [0, 0.05) is 0 Å². The Kier molecular flexibility index (Phi) is 11.3. The van der Waals surface area contributed by atoms with Crippen LogP contribution in [0.15, 0.2) is 0 Å². The fourth-order valence-corrected chi connectivity index (χ4v) is 4.38. The highest BCUT2D eigenvalue weighted by Crippen LogP contribution is 2.38. The first-order chi connectivity index (χ1) is 13.5. The Bertz CT molecular complexity index is 492. The summed E-state index contributed by atoms with van der Waals surface area (Å²) in [5.74, 6) is 0.883. The van der Waals surface area contributed by atoms with Crippen LogP contribution in [0.4, 0.5) is 0 Å². The van der Waals surface area contributed by atoms with Gasteiger partial charge in [0.25, 0.3) is 0 Å². The third kappa shape index (κ3) is 10.5. The third-order valence-electron chi connectivity index (χ3n) is 6.20. The second-order valence-corrected chi connectivity index (χ2v) is 10.9. The van der Waals surface area contributed by atoms with Crippen LogP contribution >= 0.6 is 0 Å². The predicted octanol–water partition coefficient (Wildman–Crippen LogP) is 6.41. The van der Waals surface area contributed by atoms with Gasteiger partial charge in [0.15, 0.2) is 0 Å². The van der Waals surface area contributed by atoms with E-state index in [2.05, 4.69) is 20.8 Å². The third-order valence-corrected chi connectivity index (χ3v) is 6.20. The molecule has 0 aromatic carbocycles. The van der Waals surface area contributed by atoms with Gasteiger partial charge in [-0.25, -0.2) is 0 Å². The number of ether oxygens (including phenoxy) is 2. The Hall–Kier alpha value is -1.06. The fraction of sp³-hybridized carbons (Fsp3) is 0.920. The van der Waals surface area contributed by atoms with Crippen molar-refractivity contribution in [3.8, 4) is 0 Å². The predicted molar refractivity (Wildman–Crippen MR) is 118 cm³/mol. The molecule has 0 N–H and O–H groups in total. The second kappa shape index (κ2) is 12.6. The fourth-order valence-electron chi connectivity index (χ4n) is 4.38. The summed E-state index contributed by atoms with van der Waals surface area (Å²) in [6.07, 6.45) is 10.1. The molecule has 4 atom stereocenters. The van der Waals surface area contributed by atoms with Crippen molar-refractivity contribution >= 4 is 11.9 Å². The van der Waals surface area contributed by atoms with Gasteiger partial charge < -0.3 is 9.47 Å². The summed E-state index contributed by atoms with van der Waals surface area (Å²) >= 11 is 0. The highest BCUT2D eigenvalue weighted by Gasteiger charge is 2.41. The van der Waals surface area contributed by atoms with Crippen molar-refractivity contribution in [2.45, 2.75) is 99.3 Å². The van der Waals surface area contributed by atoms with Gasteiger partial charge in [0.1, 0.15) is 0 Å². The standard InChI is InChI=1S/C25H46O4/c1-18(2)10-8-11-19(3)12-9-13-20-14-15-21(23(26)28-7)22(16-20)24(27)29-17-25(4,5)6/h18-22H,8-17H2,1-7H3. The molecule has 0 saturated heterocycles. The normalized spacial score (nSPS) is 23.7. The smallest absolute Gasteiger partial charge is 0.309 e. The highest BCUT2D eigenvalue weighted by molar-refractivity contribution is 5.82. The maximum absolute atomic E-state index is 12.7. The molecule has 1 aliphatic carbocycles. The first-order valence-corrected chi connectivity index (χ1v) is 11.8. The molecule has 0 heterocycles. The van der Waals surface area contributed by atoms with Crippen LogP contribution in [0.1, 0.15) is 99.3 Å². The molecule has 0 radical (unpaired) electrons. The van der Waals surface area contributed by atoms with Gasteiger partial charge in [-0.3, -0.25) is 9.59 Å². The van der Waals surface area contributed by atoms with Crippen molar-refractivity contribution in [2.75, 3.05) is 13.7 Å². The SMILES string of the molecule is COC(=O)C1CCC(CCCC(C)CCCC(C)C)CC1C(=O)OCC(C)(C)C. The molecule has 1 fully saturated rings. The minimum Gasteiger partial charge on any atom is -0.469 e. The zero-order valence-electron chi connectivity index (χ0n) is 20.1. The van der Waals surface area contributed by atoms with Crippen LogP contribution in [0, 0.1) is 35.0 Å². The van der Waals surface area contributed by atoms with Crippen molar-refractivity contribution in [3.05, 3.63) is 0 Å². The minimum absolute atomic E-state index is 0.0732. The summed E-state index contributed by atoms with van der Waals surface area (Å²) in [4.78, 5) is 25.0. The Balaban J connectivity index is 2.51. The van der Waals surface area contributed by atoms with Crippen molar-refractivity contribution in [1.82, 2.24) is 0 Å². The number of methoxy groups -OCH3 is 1. The van der Waals surface area contributed by atoms with Crippen LogP contribution in [-0.4, -0.2) is 25.7 Å². The molecule has 4 unspecified atom stereocenters. The maximum Gasteiger partial charge on any atom is 0.309 e. The second-order valence-electron chi connectivity index (χ2n) is 10.9. The summed E-state index contributed by atoms with van der Waals surface area (Å²) in [7, 11) is 1.41. The summed E-state index contributed by atoms with van der Waals surface area (Å²) < 4.78 is 10.5. The van der Waals surface area contributed by atoms with Crippen molar-refractivity contribution in [1.29, 1.82) is 0 Å². The molecule has 1 aliphatic rings. The van der Waals surface area contributed by atoms with Gasteiger partial charge in [-0.2, -0.15) is 0 Å². The maximum atomic E-state index is 12.7. The van der Waals surface area contributed by atoms with Crippen LogP contribution < -0.4 is 0 Å². The van der Waals surface area contributed by atoms with E-state index in [9.17, 15) is 9.59 Å². The molecule has 0 aromatic heterocycles. The quantitative estimate of drug-likeness (QED) is 0.369. The Morgan fingerprint density at radius 2 is 1.59 bits per heavy atom. The Morgan fingerprint density at radius 1 is 0.931 bits per heavy atom. The van der Waals surface area contributed by atoms with Gasteiger partial charge in [-0.15, -0.1) is 0 Å². The molecular weight excluding hydrogens is 364 g/mol. The molecule has 0 aliphatic heterocycles. The number of esters is 2. The molecule has 170 valence electrons. The first kappa shape index (κ1) is 26.0. The zero-order valence-corrected chi connectivity index (χ0v) is 20.1. The van der Waals surface area contributed by atoms with Gasteiger partial charge >= 0.3 is 11.9 Å². The molecule has 1 saturated carbocycles. The molecule has 1 rings (SSSR count). The molecule has 0 spiro atoms. The van der Waals surface area contributed by atoms with Crippen LogP contribution in [0.5, 0.6) is 0 Å². The number of rotatable bonds is 11. The zero-order chi connectivity index (χ0) is 22.0. The molecule has 0 amide bonds. The van der Waals surface area contributed by atoms with Crippen molar-refractivity contribution in [3.63, 3.8) is 0 Å². The Labute approximate surface area is 179 Å². The van der Waals surface area contributed by atoms with Crippen molar-refractivity contribution in [2.24, 2.45) is 35.0 Å². The van der Waals surface area contributed by atoms with E-state index in [1.54, 1.807) is 0 Å². The van der Waals surface area contributed by atoms with E-state index in [0.29, 0.717) is 12.5 Å². The van der Waals surface area contributed by atoms with E-state index in [-0.39, 0.29) is 29.2 Å². The lowest BCUT2D eigenvalue weighted by molar-refractivity contribution is -0.164. The molecular formula is C25H46O4. The van der Waals surface area contributed by atoms with Gasteiger partial charge in [-0.1, -0.05) is 80.1 Å². The highest BCUT2D eigenvalue weighted by atomic mass is 16.5. The molecule has 4 heteroatoms. The van der Waals surface area contributed by atoms with Crippen LogP contribution in [0.25, 0.3) is 0 Å². The lowest BCUT2D eigenvalue weighted by atomic mass is 9.72. The molecule has 0 aromatic rings. The van der Waals surface area contributed by atoms with E-state index in [1.165, 1.54) is 39.2 Å². The van der Waals surface area contributed by atoms with E-state index < -0.39 is 0 Å². The minimum atomic E-state index is -0.355. The van der Waals surface area contributed by atoms with Gasteiger partial charge in [-0.05, 0) is 42.4 Å². The van der Waals surface area contributed by atoms with Gasteiger partial charge in [0.2, 0.25) is 0 Å². The van der Waals surface area contributed by atoms with Crippen LogP contribution in [-0.2, 0) is 19.1 Å². The summed E-state index contributed by atoms with van der Waals surface area (Å²) in [5, 5.41) is 0. The number of carbonyl (C=O) groups is 2. The summed E-state index contributed by atoms with van der Waals surface area (Å²) in [6.45, 7) is 13.5. The molecule has 4 nitrogen and oxygen atoms in total. The summed E-state index contributed by atoms with van der Waals surface area (Å²) in [6, 6.07) is 0. The monoisotopic (exact) mass is 410 g/mol. The van der Waals surface area contributed by atoms with E-state index in [4.69, 9.17) is 9.47 Å². The van der Waals surface area contributed by atoms with Gasteiger partial charge in [0.05, 0.1) is 25.6 Å². The number of carbonyl (C=O) groups excluding carboxylic acids is 2. The van der Waals surface area contributed by atoms with Crippen LogP contribution in [0.3, 0.4) is 0 Å². The largest absolute Gasteiger partial charge is 0.469 e. The average molecular weight is 411 g/mol. The van der Waals surface area contributed by atoms with Crippen molar-refractivity contribution < 1.29 is 19.1 Å². The first-order valence-electron chi connectivity index (χ1n) is 11.8. The number of hydrogen-bond donors (Lipinski definition) is 0. The lowest BCUT2D eigenvalue weighted by Crippen LogP contribution is -2.38. The molecule has 0 bridgehead atoms. The van der Waals surface area contributed by atoms with E-state index >= 15 is 0 Å². The Morgan fingerprint density at radius 3 is 2.17 bits per heavy atom. The lowest BCUT2D eigenvalue weighted by Gasteiger charge is -2.34. The van der Waals surface area contributed by atoms with E-state index in [1.807, 2.05) is 20.8 Å². The molecule has 29 heavy (non-hydrogen) atoms. The topological polar surface area (TPSA) is 52.6 Å². The van der Waals surface area contributed by atoms with Crippen LogP contribution in [0.2, 0.25) is 0 Å².